The first-order valence-corrected chi connectivity index (χ1v) is 7.00. The number of hydrogen-bond acceptors (Lipinski definition) is 3. The highest BCUT2D eigenvalue weighted by Gasteiger charge is 2.47. The minimum Gasteiger partial charge on any atom is -0.340 e. The number of piperazine rings is 1. The molecule has 20 heavy (non-hydrogen) atoms. The highest BCUT2D eigenvalue weighted by molar-refractivity contribution is 6.10. The molecule has 0 aromatic carbocycles. The van der Waals surface area contributed by atoms with Crippen molar-refractivity contribution in [3.8, 4) is 0 Å². The second-order valence-corrected chi connectivity index (χ2v) is 5.49. The molecule has 0 aliphatic carbocycles. The predicted octanol–water partition coefficient (Wildman–Crippen LogP) is 1.80. The van der Waals surface area contributed by atoms with Crippen molar-refractivity contribution in [1.29, 1.82) is 0 Å². The topological polar surface area (TPSA) is 62.3 Å². The first kappa shape index (κ1) is 14.5. The van der Waals surface area contributed by atoms with Gasteiger partial charge in [-0.2, -0.15) is 0 Å². The fourth-order valence-electron chi connectivity index (χ4n) is 2.51. The van der Waals surface area contributed by atoms with Crippen LogP contribution in [0.25, 0.3) is 0 Å². The van der Waals surface area contributed by atoms with E-state index in [1.165, 1.54) is 0 Å². The zero-order valence-electron chi connectivity index (χ0n) is 12.4. The third kappa shape index (κ3) is 2.28. The van der Waals surface area contributed by atoms with E-state index in [1.807, 2.05) is 26.8 Å². The second-order valence-electron chi connectivity index (χ2n) is 5.49. The molecule has 1 aliphatic rings. The molecule has 1 saturated heterocycles. The molecule has 2 unspecified atom stereocenters. The van der Waals surface area contributed by atoms with Gasteiger partial charge in [-0.1, -0.05) is 13.8 Å². The highest BCUT2D eigenvalue weighted by Crippen LogP contribution is 2.28. The van der Waals surface area contributed by atoms with Gasteiger partial charge in [-0.05, 0) is 38.3 Å². The minimum absolute atomic E-state index is 0.0705. The molecule has 2 rings (SSSR count). The lowest BCUT2D eigenvalue weighted by molar-refractivity contribution is -0.138. The van der Waals surface area contributed by atoms with Crippen LogP contribution in [-0.4, -0.2) is 28.4 Å². The van der Waals surface area contributed by atoms with Gasteiger partial charge < -0.3 is 5.32 Å². The van der Waals surface area contributed by atoms with Crippen molar-refractivity contribution < 1.29 is 9.59 Å². The Labute approximate surface area is 119 Å². The van der Waals surface area contributed by atoms with E-state index in [1.54, 1.807) is 24.2 Å². The molecule has 1 aliphatic heterocycles. The van der Waals surface area contributed by atoms with Crippen molar-refractivity contribution in [2.24, 2.45) is 0 Å². The van der Waals surface area contributed by atoms with Crippen LogP contribution in [0, 0.1) is 6.92 Å². The smallest absolute Gasteiger partial charge is 0.253 e. The number of carbonyl (C=O) groups is 2. The van der Waals surface area contributed by atoms with E-state index in [0.717, 1.165) is 5.56 Å². The SMILES string of the molecule is CCC1C(=O)NC(C)(CC)C(=O)N1c1cncc(C)c1. The summed E-state index contributed by atoms with van der Waals surface area (Å²) < 4.78 is 0. The zero-order valence-corrected chi connectivity index (χ0v) is 12.4. The average molecular weight is 275 g/mol. The summed E-state index contributed by atoms with van der Waals surface area (Å²) in [5.74, 6) is -0.170. The maximum Gasteiger partial charge on any atom is 0.253 e. The third-order valence-corrected chi connectivity index (χ3v) is 3.94. The van der Waals surface area contributed by atoms with Gasteiger partial charge in [-0.15, -0.1) is 0 Å². The molecule has 1 N–H and O–H groups in total. The van der Waals surface area contributed by atoms with Crippen molar-refractivity contribution >= 4 is 17.5 Å². The van der Waals surface area contributed by atoms with E-state index >= 15 is 0 Å². The predicted molar refractivity (Wildman–Crippen MR) is 77.4 cm³/mol. The number of aryl methyl sites for hydroxylation is 1. The molecule has 2 amide bonds. The zero-order chi connectivity index (χ0) is 14.9. The Kier molecular flexibility index (Phi) is 3.79. The number of aromatic nitrogens is 1. The summed E-state index contributed by atoms with van der Waals surface area (Å²) in [6, 6.07) is 1.42. The summed E-state index contributed by atoms with van der Waals surface area (Å²) in [7, 11) is 0. The first-order valence-electron chi connectivity index (χ1n) is 7.00. The Hall–Kier alpha value is -1.91. The molecule has 108 valence electrons. The number of nitrogens with one attached hydrogen (secondary N) is 1. The van der Waals surface area contributed by atoms with Crippen LogP contribution in [0.1, 0.15) is 39.2 Å². The molecule has 2 atom stereocenters. The Morgan fingerprint density at radius 3 is 2.60 bits per heavy atom. The largest absolute Gasteiger partial charge is 0.340 e. The molecule has 0 spiro atoms. The van der Waals surface area contributed by atoms with E-state index in [4.69, 9.17) is 0 Å². The molecular weight excluding hydrogens is 254 g/mol. The molecular formula is C15H21N3O2. The van der Waals surface area contributed by atoms with Crippen molar-refractivity contribution in [2.45, 2.75) is 52.1 Å². The van der Waals surface area contributed by atoms with Crippen LogP contribution >= 0.6 is 0 Å². The summed E-state index contributed by atoms with van der Waals surface area (Å²) in [5.41, 5.74) is 0.817. The van der Waals surface area contributed by atoms with Crippen LogP contribution in [0.3, 0.4) is 0 Å². The number of pyridine rings is 1. The summed E-state index contributed by atoms with van der Waals surface area (Å²) in [6.07, 6.45) is 4.51. The Morgan fingerprint density at radius 2 is 2.05 bits per heavy atom. The lowest BCUT2D eigenvalue weighted by Crippen LogP contribution is -2.69. The normalized spacial score (nSPS) is 26.6. The maximum absolute atomic E-state index is 12.8. The van der Waals surface area contributed by atoms with Gasteiger partial charge in [0.1, 0.15) is 11.6 Å². The Bertz CT molecular complexity index is 544. The van der Waals surface area contributed by atoms with E-state index in [0.29, 0.717) is 18.5 Å². The van der Waals surface area contributed by atoms with Gasteiger partial charge >= 0.3 is 0 Å². The second kappa shape index (κ2) is 5.23. The number of amides is 2. The molecule has 2 heterocycles. The van der Waals surface area contributed by atoms with Crippen LogP contribution in [0.5, 0.6) is 0 Å². The summed E-state index contributed by atoms with van der Waals surface area (Å²) >= 11 is 0. The van der Waals surface area contributed by atoms with Gasteiger partial charge in [-0.25, -0.2) is 0 Å². The fraction of sp³-hybridized carbons (Fsp3) is 0.533. The first-order chi connectivity index (χ1) is 9.42. The maximum atomic E-state index is 12.8. The fourth-order valence-corrected chi connectivity index (χ4v) is 2.51. The molecule has 0 saturated carbocycles. The highest BCUT2D eigenvalue weighted by atomic mass is 16.2. The van der Waals surface area contributed by atoms with Gasteiger partial charge in [0.05, 0.1) is 11.9 Å². The molecule has 1 fully saturated rings. The van der Waals surface area contributed by atoms with Crippen LogP contribution in [0.2, 0.25) is 0 Å². The summed E-state index contributed by atoms with van der Waals surface area (Å²) in [6.45, 7) is 7.50. The molecule has 5 nitrogen and oxygen atoms in total. The lowest BCUT2D eigenvalue weighted by Gasteiger charge is -2.43. The third-order valence-electron chi connectivity index (χ3n) is 3.94. The van der Waals surface area contributed by atoms with Gasteiger partial charge in [0, 0.05) is 6.20 Å². The molecule has 0 radical (unpaired) electrons. The summed E-state index contributed by atoms with van der Waals surface area (Å²) in [5, 5.41) is 2.86. The van der Waals surface area contributed by atoms with Gasteiger partial charge in [0.15, 0.2) is 0 Å². The number of carbonyl (C=O) groups excluding carboxylic acids is 2. The van der Waals surface area contributed by atoms with Crippen molar-refractivity contribution in [1.82, 2.24) is 10.3 Å². The number of rotatable bonds is 3. The van der Waals surface area contributed by atoms with Crippen LogP contribution in [0.4, 0.5) is 5.69 Å². The van der Waals surface area contributed by atoms with E-state index in [9.17, 15) is 9.59 Å². The van der Waals surface area contributed by atoms with Gasteiger partial charge in [0.25, 0.3) is 5.91 Å². The monoisotopic (exact) mass is 275 g/mol. The number of nitrogens with zero attached hydrogens (tertiary/aromatic N) is 2. The molecule has 1 aromatic rings. The quantitative estimate of drug-likeness (QED) is 0.915. The Morgan fingerprint density at radius 1 is 1.35 bits per heavy atom. The number of anilines is 1. The lowest BCUT2D eigenvalue weighted by atomic mass is 9.90. The van der Waals surface area contributed by atoms with Crippen molar-refractivity contribution in [3.63, 3.8) is 0 Å². The van der Waals surface area contributed by atoms with Crippen molar-refractivity contribution in [2.75, 3.05) is 4.90 Å². The minimum atomic E-state index is -0.841. The van der Waals surface area contributed by atoms with E-state index in [-0.39, 0.29) is 11.8 Å². The number of hydrogen-bond donors (Lipinski definition) is 1. The molecule has 1 aromatic heterocycles. The van der Waals surface area contributed by atoms with Crippen LogP contribution in [-0.2, 0) is 9.59 Å². The molecule has 0 bridgehead atoms. The van der Waals surface area contributed by atoms with Gasteiger partial charge in [0.2, 0.25) is 5.91 Å². The van der Waals surface area contributed by atoms with Crippen molar-refractivity contribution in [3.05, 3.63) is 24.0 Å². The van der Waals surface area contributed by atoms with Crippen LogP contribution in [0.15, 0.2) is 18.5 Å². The molecule has 5 heteroatoms. The van der Waals surface area contributed by atoms with Gasteiger partial charge in [-0.3, -0.25) is 19.5 Å². The summed E-state index contributed by atoms with van der Waals surface area (Å²) in [4.78, 5) is 30.8. The van der Waals surface area contributed by atoms with E-state index < -0.39 is 11.6 Å². The standard InChI is InChI=1S/C15H21N3O2/c1-5-12-13(19)17-15(4,6-2)14(20)18(12)11-7-10(3)8-16-9-11/h7-9,12H,5-6H2,1-4H3,(H,17,19). The van der Waals surface area contributed by atoms with E-state index in [2.05, 4.69) is 10.3 Å². The van der Waals surface area contributed by atoms with Crippen LogP contribution < -0.4 is 10.2 Å². The Balaban J connectivity index is 2.50. The average Bonchev–Trinajstić information content (AvgIpc) is 2.42.